The van der Waals surface area contributed by atoms with Crippen LogP contribution >= 0.6 is 24.0 Å². The Labute approximate surface area is 172 Å². The molecule has 0 bridgehead atoms. The van der Waals surface area contributed by atoms with Gasteiger partial charge < -0.3 is 10.6 Å². The Morgan fingerprint density at radius 1 is 1.31 bits per heavy atom. The van der Waals surface area contributed by atoms with Crippen molar-refractivity contribution >= 4 is 49.8 Å². The third-order valence-corrected chi connectivity index (χ3v) is 7.66. The molecule has 1 aliphatic heterocycles. The fourth-order valence-corrected chi connectivity index (χ4v) is 5.36. The smallest absolute Gasteiger partial charge is 0.242 e. The predicted octanol–water partition coefficient (Wildman–Crippen LogP) is 0.407. The lowest BCUT2D eigenvalue weighted by Crippen LogP contribution is -2.43. The molecule has 0 saturated carbocycles. The molecule has 1 unspecified atom stereocenters. The average Bonchev–Trinajstić information content (AvgIpc) is 2.90. The summed E-state index contributed by atoms with van der Waals surface area (Å²) in [4.78, 5) is 4.31. The summed E-state index contributed by atoms with van der Waals surface area (Å²) in [7, 11) is -1.97. The minimum atomic E-state index is -3.55. The fraction of sp³-hybridized carbons (Fsp3) is 0.533. The molecule has 2 rings (SSSR count). The molecule has 0 aliphatic carbocycles. The molecule has 1 heterocycles. The van der Waals surface area contributed by atoms with Gasteiger partial charge >= 0.3 is 0 Å². The lowest BCUT2D eigenvalue weighted by Gasteiger charge is -2.18. The van der Waals surface area contributed by atoms with Gasteiger partial charge in [-0.25, -0.2) is 21.1 Å². The molecule has 1 fully saturated rings. The normalized spacial score (nSPS) is 19.8. The highest BCUT2D eigenvalue weighted by Gasteiger charge is 2.28. The van der Waals surface area contributed by atoms with E-state index in [2.05, 4.69) is 15.6 Å². The molecule has 11 heteroatoms. The summed E-state index contributed by atoms with van der Waals surface area (Å²) >= 11 is 0. The number of nitrogens with zero attached hydrogens (tertiary/aromatic N) is 2. The summed E-state index contributed by atoms with van der Waals surface area (Å²) in [6, 6.07) is 6.56. The number of nitrogens with one attached hydrogen (secondary N) is 2. The number of aliphatic imine (C=N–C) groups is 1. The van der Waals surface area contributed by atoms with Crippen LogP contribution in [0.15, 0.2) is 34.2 Å². The summed E-state index contributed by atoms with van der Waals surface area (Å²) in [5, 5.41) is 6.12. The maximum absolute atomic E-state index is 12.4. The highest BCUT2D eigenvalue weighted by Crippen LogP contribution is 2.18. The molecule has 148 valence electrons. The zero-order valence-electron chi connectivity index (χ0n) is 15.0. The van der Waals surface area contributed by atoms with Gasteiger partial charge in [0.25, 0.3) is 0 Å². The quantitative estimate of drug-likeness (QED) is 0.334. The Kier molecular flexibility index (Phi) is 8.30. The van der Waals surface area contributed by atoms with Crippen LogP contribution in [0.4, 0.5) is 0 Å². The first-order chi connectivity index (χ1) is 11.7. The van der Waals surface area contributed by atoms with Crippen molar-refractivity contribution in [1.29, 1.82) is 0 Å². The van der Waals surface area contributed by atoms with Gasteiger partial charge in [-0.05, 0) is 18.1 Å². The van der Waals surface area contributed by atoms with E-state index in [0.29, 0.717) is 17.9 Å². The zero-order valence-corrected chi connectivity index (χ0v) is 18.9. The number of benzene rings is 1. The van der Waals surface area contributed by atoms with Crippen molar-refractivity contribution in [3.63, 3.8) is 0 Å². The summed E-state index contributed by atoms with van der Waals surface area (Å²) in [6.45, 7) is 0.252. The summed E-state index contributed by atoms with van der Waals surface area (Å²) in [5.41, 5.74) is 0.609. The van der Waals surface area contributed by atoms with Gasteiger partial charge in [0.15, 0.2) is 15.8 Å². The number of hydrogen-bond acceptors (Lipinski definition) is 5. The van der Waals surface area contributed by atoms with Crippen LogP contribution in [0.5, 0.6) is 0 Å². The van der Waals surface area contributed by atoms with Crippen molar-refractivity contribution in [2.24, 2.45) is 4.99 Å². The Hall–Kier alpha value is -0.920. The highest BCUT2D eigenvalue weighted by molar-refractivity contribution is 14.0. The van der Waals surface area contributed by atoms with Gasteiger partial charge in [0.2, 0.25) is 10.0 Å². The molecule has 1 atom stereocenters. The molecule has 1 aromatic rings. The van der Waals surface area contributed by atoms with Gasteiger partial charge in [0, 0.05) is 33.7 Å². The second kappa shape index (κ2) is 9.33. The van der Waals surface area contributed by atoms with E-state index >= 15 is 0 Å². The van der Waals surface area contributed by atoms with Gasteiger partial charge in [-0.1, -0.05) is 18.2 Å². The van der Waals surface area contributed by atoms with Crippen molar-refractivity contribution in [2.45, 2.75) is 23.9 Å². The number of rotatable bonds is 5. The first kappa shape index (κ1) is 23.1. The first-order valence-corrected chi connectivity index (χ1v) is 11.1. The van der Waals surface area contributed by atoms with E-state index in [-0.39, 0.29) is 53.0 Å². The summed E-state index contributed by atoms with van der Waals surface area (Å²) in [5.74, 6) is 0.698. The Bertz CT molecular complexity index is 854. The van der Waals surface area contributed by atoms with E-state index in [1.807, 2.05) is 0 Å². The predicted molar refractivity (Wildman–Crippen MR) is 113 cm³/mol. The minimum absolute atomic E-state index is 0. The molecular weight excluding hydrogens is 491 g/mol. The van der Waals surface area contributed by atoms with Gasteiger partial charge in [0.05, 0.1) is 16.4 Å². The molecule has 8 nitrogen and oxygen atoms in total. The van der Waals surface area contributed by atoms with E-state index < -0.39 is 19.9 Å². The Balaban J connectivity index is 0.00000338. The maximum Gasteiger partial charge on any atom is 0.242 e. The minimum Gasteiger partial charge on any atom is -0.353 e. The van der Waals surface area contributed by atoms with E-state index in [4.69, 9.17) is 0 Å². The standard InChI is InChI=1S/C15H24N4O4S2.HI/c1-16-15(18-13-8-9-24(20,21)11-13)17-10-12-6-4-5-7-14(12)25(22,23)19(2)3;/h4-7,13H,8-11H2,1-3H3,(H2,16,17,18);1H. The summed E-state index contributed by atoms with van der Waals surface area (Å²) < 4.78 is 49.0. The van der Waals surface area contributed by atoms with Gasteiger partial charge in [-0.3, -0.25) is 4.99 Å². The largest absolute Gasteiger partial charge is 0.353 e. The van der Waals surface area contributed by atoms with E-state index in [1.54, 1.807) is 31.3 Å². The van der Waals surface area contributed by atoms with Crippen molar-refractivity contribution in [2.75, 3.05) is 32.6 Å². The third kappa shape index (κ3) is 5.79. The first-order valence-electron chi connectivity index (χ1n) is 7.84. The number of guanidine groups is 1. The van der Waals surface area contributed by atoms with Crippen LogP contribution in [0.25, 0.3) is 0 Å². The summed E-state index contributed by atoms with van der Waals surface area (Å²) in [6.07, 6.45) is 0.536. The number of sulfone groups is 1. The molecule has 0 amide bonds. The van der Waals surface area contributed by atoms with Gasteiger partial charge in [0.1, 0.15) is 0 Å². The van der Waals surface area contributed by atoms with Crippen LogP contribution in [0.2, 0.25) is 0 Å². The third-order valence-electron chi connectivity index (χ3n) is 3.97. The average molecular weight is 516 g/mol. The van der Waals surface area contributed by atoms with Crippen LogP contribution in [0.3, 0.4) is 0 Å². The van der Waals surface area contributed by atoms with E-state index in [9.17, 15) is 16.8 Å². The number of hydrogen-bond donors (Lipinski definition) is 2. The van der Waals surface area contributed by atoms with E-state index in [0.717, 1.165) is 0 Å². The lowest BCUT2D eigenvalue weighted by molar-refractivity contribution is 0.519. The topological polar surface area (TPSA) is 108 Å². The lowest BCUT2D eigenvalue weighted by atomic mass is 10.2. The van der Waals surface area contributed by atoms with Crippen LogP contribution in [-0.4, -0.2) is 65.8 Å². The molecule has 26 heavy (non-hydrogen) atoms. The van der Waals surface area contributed by atoms with Gasteiger partial charge in [-0.2, -0.15) is 0 Å². The number of sulfonamides is 1. The SMILES string of the molecule is CN=C(NCc1ccccc1S(=O)(=O)N(C)C)NC1CCS(=O)(=O)C1.I. The van der Waals surface area contributed by atoms with Crippen LogP contribution in [-0.2, 0) is 26.4 Å². The molecule has 1 saturated heterocycles. The van der Waals surface area contributed by atoms with Gasteiger partial charge in [-0.15, -0.1) is 24.0 Å². The van der Waals surface area contributed by atoms with E-state index in [1.165, 1.54) is 18.4 Å². The monoisotopic (exact) mass is 516 g/mol. The fourth-order valence-electron chi connectivity index (χ4n) is 2.57. The molecule has 1 aliphatic rings. The maximum atomic E-state index is 12.4. The second-order valence-electron chi connectivity index (χ2n) is 6.07. The van der Waals surface area contributed by atoms with Crippen LogP contribution in [0.1, 0.15) is 12.0 Å². The molecule has 0 spiro atoms. The highest BCUT2D eigenvalue weighted by atomic mass is 127. The van der Waals surface area contributed by atoms with Crippen LogP contribution < -0.4 is 10.6 Å². The molecule has 1 aromatic carbocycles. The molecule has 0 aromatic heterocycles. The zero-order chi connectivity index (χ0) is 18.7. The van der Waals surface area contributed by atoms with Crippen molar-refractivity contribution in [3.8, 4) is 0 Å². The van der Waals surface area contributed by atoms with Crippen molar-refractivity contribution in [1.82, 2.24) is 14.9 Å². The Morgan fingerprint density at radius 3 is 2.50 bits per heavy atom. The number of halogens is 1. The molecular formula is C15H25IN4O4S2. The van der Waals surface area contributed by atoms with Crippen molar-refractivity contribution in [3.05, 3.63) is 29.8 Å². The second-order valence-corrected chi connectivity index (χ2v) is 10.4. The van der Waals surface area contributed by atoms with Crippen molar-refractivity contribution < 1.29 is 16.8 Å². The molecule has 2 N–H and O–H groups in total. The molecule has 0 radical (unpaired) electrons. The Morgan fingerprint density at radius 2 is 1.96 bits per heavy atom. The van der Waals surface area contributed by atoms with Crippen LogP contribution in [0, 0.1) is 0 Å².